The average molecular weight is 244 g/mol. The molecule has 0 aromatic heterocycles. The largest absolute Gasteiger partial charge is 0.388 e. The summed E-state index contributed by atoms with van der Waals surface area (Å²) in [4.78, 5) is 0. The Bertz CT molecular complexity index is 155. The maximum absolute atomic E-state index is 9.99. The molecule has 0 aromatic rings. The van der Waals surface area contributed by atoms with Crippen LogP contribution in [0.15, 0.2) is 0 Å². The molecule has 104 valence electrons. The summed E-state index contributed by atoms with van der Waals surface area (Å²) in [6.07, 6.45) is 11.4. The van der Waals surface area contributed by atoms with E-state index in [0.717, 1.165) is 12.8 Å². The van der Waals surface area contributed by atoms with Crippen molar-refractivity contribution in [3.63, 3.8) is 0 Å². The molecule has 2 heteroatoms. The van der Waals surface area contributed by atoms with E-state index in [1.165, 1.54) is 44.9 Å². The summed E-state index contributed by atoms with van der Waals surface area (Å²) in [6.45, 7) is 7.25. The van der Waals surface area contributed by atoms with E-state index in [1.807, 2.05) is 13.8 Å². The molecule has 0 amide bonds. The molecule has 0 heterocycles. The van der Waals surface area contributed by atoms with E-state index >= 15 is 0 Å². The monoisotopic (exact) mass is 244 g/mol. The second-order valence-corrected chi connectivity index (χ2v) is 5.36. The highest BCUT2D eigenvalue weighted by Gasteiger charge is 2.19. The molecular weight excluding hydrogens is 212 g/mol. The van der Waals surface area contributed by atoms with Crippen LogP contribution in [0.4, 0.5) is 0 Å². The maximum Gasteiger partial charge on any atom is 0.0852 e. The van der Waals surface area contributed by atoms with Crippen molar-refractivity contribution >= 4 is 0 Å². The molecule has 0 aliphatic heterocycles. The van der Waals surface area contributed by atoms with E-state index in [1.54, 1.807) is 0 Å². The van der Waals surface area contributed by atoms with Gasteiger partial charge in [0, 0.05) is 6.61 Å². The molecular formula is C15H32O2. The molecule has 2 nitrogen and oxygen atoms in total. The number of aliphatic hydroxyl groups is 1. The lowest BCUT2D eigenvalue weighted by molar-refractivity contribution is -0.0369. The lowest BCUT2D eigenvalue weighted by Crippen LogP contribution is -2.30. The molecule has 17 heavy (non-hydrogen) atoms. The number of rotatable bonds is 12. The molecule has 0 rings (SSSR count). The first-order chi connectivity index (χ1) is 8.12. The second kappa shape index (κ2) is 11.0. The third kappa shape index (κ3) is 12.2. The standard InChI is InChI=1S/C15H32O2/c1-4-6-7-8-9-10-11-12-13-15(3,16)14-17-5-2/h16H,4-14H2,1-3H3. The van der Waals surface area contributed by atoms with Crippen LogP contribution in [0.5, 0.6) is 0 Å². The molecule has 0 aromatic carbocycles. The second-order valence-electron chi connectivity index (χ2n) is 5.36. The van der Waals surface area contributed by atoms with Gasteiger partial charge in [-0.05, 0) is 20.3 Å². The van der Waals surface area contributed by atoms with Gasteiger partial charge in [-0.15, -0.1) is 0 Å². The summed E-state index contributed by atoms with van der Waals surface area (Å²) >= 11 is 0. The lowest BCUT2D eigenvalue weighted by Gasteiger charge is -2.22. The number of unbranched alkanes of at least 4 members (excludes halogenated alkanes) is 7. The van der Waals surface area contributed by atoms with Gasteiger partial charge in [-0.1, -0.05) is 58.3 Å². The summed E-state index contributed by atoms with van der Waals surface area (Å²) in [6, 6.07) is 0. The van der Waals surface area contributed by atoms with Crippen LogP contribution in [0, 0.1) is 0 Å². The van der Waals surface area contributed by atoms with Gasteiger partial charge in [0.05, 0.1) is 12.2 Å². The summed E-state index contributed by atoms with van der Waals surface area (Å²) in [5, 5.41) is 9.99. The first kappa shape index (κ1) is 16.9. The molecule has 1 unspecified atom stereocenters. The SMILES string of the molecule is CCCCCCCCCCC(C)(O)COCC. The fourth-order valence-corrected chi connectivity index (χ4v) is 2.03. The van der Waals surface area contributed by atoms with Crippen molar-refractivity contribution < 1.29 is 9.84 Å². The van der Waals surface area contributed by atoms with Crippen LogP contribution in [-0.4, -0.2) is 23.9 Å². The van der Waals surface area contributed by atoms with Crippen LogP contribution in [0.2, 0.25) is 0 Å². The minimum Gasteiger partial charge on any atom is -0.388 e. The van der Waals surface area contributed by atoms with Crippen LogP contribution in [0.1, 0.15) is 78.6 Å². The van der Waals surface area contributed by atoms with Gasteiger partial charge in [0.25, 0.3) is 0 Å². The topological polar surface area (TPSA) is 29.5 Å². The quantitative estimate of drug-likeness (QED) is 0.518. The fourth-order valence-electron chi connectivity index (χ4n) is 2.03. The van der Waals surface area contributed by atoms with Crippen LogP contribution >= 0.6 is 0 Å². The third-order valence-electron chi connectivity index (χ3n) is 3.19. The van der Waals surface area contributed by atoms with E-state index < -0.39 is 5.60 Å². The third-order valence-corrected chi connectivity index (χ3v) is 3.19. The summed E-state index contributed by atoms with van der Waals surface area (Å²) < 4.78 is 5.27. The zero-order chi connectivity index (χ0) is 13.0. The van der Waals surface area contributed by atoms with Gasteiger partial charge in [0.2, 0.25) is 0 Å². The van der Waals surface area contributed by atoms with Crippen molar-refractivity contribution in [2.45, 2.75) is 84.2 Å². The van der Waals surface area contributed by atoms with Gasteiger partial charge in [0.15, 0.2) is 0 Å². The van der Waals surface area contributed by atoms with E-state index in [0.29, 0.717) is 13.2 Å². The Kier molecular flexibility index (Phi) is 11.0. The van der Waals surface area contributed by atoms with Crippen molar-refractivity contribution in [2.75, 3.05) is 13.2 Å². The van der Waals surface area contributed by atoms with Crippen molar-refractivity contribution in [1.82, 2.24) is 0 Å². The zero-order valence-corrected chi connectivity index (χ0v) is 12.1. The molecule has 0 radical (unpaired) electrons. The Balaban J connectivity index is 3.26. The Morgan fingerprint density at radius 1 is 0.882 bits per heavy atom. The Labute approximate surface area is 108 Å². The minimum atomic E-state index is -0.627. The average Bonchev–Trinajstić information content (AvgIpc) is 2.30. The molecule has 1 atom stereocenters. The molecule has 0 saturated carbocycles. The van der Waals surface area contributed by atoms with E-state index in [2.05, 4.69) is 6.92 Å². The van der Waals surface area contributed by atoms with Gasteiger partial charge < -0.3 is 9.84 Å². The highest BCUT2D eigenvalue weighted by molar-refractivity contribution is 4.71. The van der Waals surface area contributed by atoms with Gasteiger partial charge in [-0.25, -0.2) is 0 Å². The fraction of sp³-hybridized carbons (Fsp3) is 1.00. The van der Waals surface area contributed by atoms with Gasteiger partial charge in [0.1, 0.15) is 0 Å². The van der Waals surface area contributed by atoms with Gasteiger partial charge >= 0.3 is 0 Å². The van der Waals surface area contributed by atoms with Crippen molar-refractivity contribution in [3.05, 3.63) is 0 Å². The molecule has 0 fully saturated rings. The molecule has 0 spiro atoms. The predicted molar refractivity (Wildman–Crippen MR) is 74.3 cm³/mol. The van der Waals surface area contributed by atoms with Gasteiger partial charge in [-0.3, -0.25) is 0 Å². The van der Waals surface area contributed by atoms with Crippen molar-refractivity contribution in [3.8, 4) is 0 Å². The van der Waals surface area contributed by atoms with E-state index in [9.17, 15) is 5.11 Å². The maximum atomic E-state index is 9.99. The lowest BCUT2D eigenvalue weighted by atomic mass is 9.98. The summed E-state index contributed by atoms with van der Waals surface area (Å²) in [7, 11) is 0. The smallest absolute Gasteiger partial charge is 0.0852 e. The highest BCUT2D eigenvalue weighted by atomic mass is 16.5. The first-order valence-electron chi connectivity index (χ1n) is 7.42. The Morgan fingerprint density at radius 2 is 1.41 bits per heavy atom. The summed E-state index contributed by atoms with van der Waals surface area (Å²) in [5.41, 5.74) is -0.627. The number of ether oxygens (including phenoxy) is 1. The Hall–Kier alpha value is -0.0800. The highest BCUT2D eigenvalue weighted by Crippen LogP contribution is 2.16. The Morgan fingerprint density at radius 3 is 1.94 bits per heavy atom. The van der Waals surface area contributed by atoms with Crippen LogP contribution < -0.4 is 0 Å². The normalized spacial score (nSPS) is 14.8. The molecule has 0 bridgehead atoms. The van der Waals surface area contributed by atoms with Crippen LogP contribution in [-0.2, 0) is 4.74 Å². The van der Waals surface area contributed by atoms with Crippen LogP contribution in [0.25, 0.3) is 0 Å². The zero-order valence-electron chi connectivity index (χ0n) is 12.1. The molecule has 0 aliphatic carbocycles. The van der Waals surface area contributed by atoms with Crippen molar-refractivity contribution in [2.24, 2.45) is 0 Å². The molecule has 0 saturated heterocycles. The summed E-state index contributed by atoms with van der Waals surface area (Å²) in [5.74, 6) is 0. The molecule has 0 aliphatic rings. The predicted octanol–water partition coefficient (Wildman–Crippen LogP) is 4.30. The van der Waals surface area contributed by atoms with Crippen molar-refractivity contribution in [1.29, 1.82) is 0 Å². The van der Waals surface area contributed by atoms with Gasteiger partial charge in [-0.2, -0.15) is 0 Å². The number of hydrogen-bond acceptors (Lipinski definition) is 2. The first-order valence-corrected chi connectivity index (χ1v) is 7.42. The van der Waals surface area contributed by atoms with Crippen LogP contribution in [0.3, 0.4) is 0 Å². The van der Waals surface area contributed by atoms with E-state index in [4.69, 9.17) is 4.74 Å². The molecule has 1 N–H and O–H groups in total. The minimum absolute atomic E-state index is 0.472. The van der Waals surface area contributed by atoms with E-state index in [-0.39, 0.29) is 0 Å². The number of hydrogen-bond donors (Lipinski definition) is 1.